The van der Waals surface area contributed by atoms with Crippen LogP contribution in [-0.2, 0) is 16.4 Å². The zero-order valence-electron chi connectivity index (χ0n) is 17.2. The molecule has 1 fully saturated rings. The van der Waals surface area contributed by atoms with Crippen molar-refractivity contribution in [3.8, 4) is 0 Å². The first-order valence-electron chi connectivity index (χ1n) is 10.2. The van der Waals surface area contributed by atoms with Crippen molar-refractivity contribution in [1.82, 2.24) is 14.5 Å². The molecule has 3 heterocycles. The van der Waals surface area contributed by atoms with Gasteiger partial charge in [-0.15, -0.1) is 0 Å². The molecule has 0 radical (unpaired) electrons. The number of amides is 1. The fraction of sp³-hybridized carbons (Fsp3) is 0.364. The predicted octanol–water partition coefficient (Wildman–Crippen LogP) is 4.04. The van der Waals surface area contributed by atoms with Crippen LogP contribution in [0.15, 0.2) is 62.8 Å². The number of sulfone groups is 1. The van der Waals surface area contributed by atoms with Crippen molar-refractivity contribution < 1.29 is 17.6 Å². The van der Waals surface area contributed by atoms with Gasteiger partial charge in [-0.25, -0.2) is 13.4 Å². The number of aryl methyl sites for hydroxylation is 2. The first-order chi connectivity index (χ1) is 14.8. The summed E-state index contributed by atoms with van der Waals surface area (Å²) in [4.78, 5) is 19.2. The largest absolute Gasteiger partial charge is 0.444 e. The Labute approximate surface area is 190 Å². The molecule has 1 saturated heterocycles. The predicted molar refractivity (Wildman–Crippen MR) is 120 cm³/mol. The van der Waals surface area contributed by atoms with Crippen molar-refractivity contribution in [2.24, 2.45) is 0 Å². The molecule has 0 saturated carbocycles. The first kappa shape index (κ1) is 21.8. The van der Waals surface area contributed by atoms with Crippen LogP contribution in [0, 0.1) is 6.92 Å². The number of likely N-dealkylation sites (tertiary alicyclic amines) is 1. The van der Waals surface area contributed by atoms with Gasteiger partial charge in [-0.2, -0.15) is 0 Å². The molecule has 4 rings (SSSR count). The number of nitrogens with zero attached hydrogens (tertiary/aromatic N) is 3. The van der Waals surface area contributed by atoms with Gasteiger partial charge in [0.05, 0.1) is 10.6 Å². The molecule has 31 heavy (non-hydrogen) atoms. The van der Waals surface area contributed by atoms with Gasteiger partial charge in [0, 0.05) is 37.9 Å². The standard InChI is InChI=1S/C22H24BrN3O4S/c1-16-2-4-18(5-3-16)31(28,29)15-14-25-13-10-24-21(25)17-8-11-26(12-9-17)22(27)19-6-7-20(23)30-19/h2-7,10,13,17H,8-9,11-12,14-15H2,1H3. The number of furan rings is 1. The maximum Gasteiger partial charge on any atom is 0.289 e. The minimum atomic E-state index is -3.37. The van der Waals surface area contributed by atoms with Crippen molar-refractivity contribution in [3.63, 3.8) is 0 Å². The lowest BCUT2D eigenvalue weighted by molar-refractivity contribution is 0.0676. The fourth-order valence-electron chi connectivity index (χ4n) is 3.88. The molecule has 0 unspecified atom stereocenters. The SMILES string of the molecule is Cc1ccc(S(=O)(=O)CCn2ccnc2C2CCN(C(=O)c3ccc(Br)o3)CC2)cc1. The van der Waals surface area contributed by atoms with Gasteiger partial charge in [0.15, 0.2) is 20.3 Å². The molecule has 3 aromatic rings. The monoisotopic (exact) mass is 505 g/mol. The van der Waals surface area contributed by atoms with E-state index < -0.39 is 9.84 Å². The minimum absolute atomic E-state index is 0.0180. The number of benzene rings is 1. The molecular formula is C22H24BrN3O4S. The van der Waals surface area contributed by atoms with Crippen molar-refractivity contribution in [3.05, 3.63) is 70.6 Å². The summed E-state index contributed by atoms with van der Waals surface area (Å²) < 4.78 is 33.2. The van der Waals surface area contributed by atoms with Gasteiger partial charge in [0.2, 0.25) is 0 Å². The lowest BCUT2D eigenvalue weighted by Crippen LogP contribution is -2.38. The Morgan fingerprint density at radius 1 is 1.16 bits per heavy atom. The van der Waals surface area contributed by atoms with Crippen molar-refractivity contribution >= 4 is 31.7 Å². The van der Waals surface area contributed by atoms with Crippen LogP contribution in [-0.4, -0.2) is 47.6 Å². The van der Waals surface area contributed by atoms with Crippen LogP contribution in [0.2, 0.25) is 0 Å². The summed E-state index contributed by atoms with van der Waals surface area (Å²) in [6.07, 6.45) is 5.09. The second-order valence-corrected chi connectivity index (χ2v) is 10.7. The number of imidazole rings is 1. The molecule has 7 nitrogen and oxygen atoms in total. The van der Waals surface area contributed by atoms with E-state index in [1.54, 1.807) is 35.4 Å². The molecule has 1 aliphatic rings. The molecule has 1 amide bonds. The maximum atomic E-state index is 12.7. The summed E-state index contributed by atoms with van der Waals surface area (Å²) in [7, 11) is -3.37. The van der Waals surface area contributed by atoms with E-state index in [1.165, 1.54) is 0 Å². The third kappa shape index (κ3) is 4.93. The van der Waals surface area contributed by atoms with E-state index in [2.05, 4.69) is 20.9 Å². The molecule has 0 N–H and O–H groups in total. The van der Waals surface area contributed by atoms with Crippen molar-refractivity contribution in [2.75, 3.05) is 18.8 Å². The number of hydrogen-bond acceptors (Lipinski definition) is 5. The number of rotatable bonds is 6. The second kappa shape index (κ2) is 9.00. The van der Waals surface area contributed by atoms with Gasteiger partial charge in [-0.1, -0.05) is 17.7 Å². The zero-order valence-corrected chi connectivity index (χ0v) is 19.6. The average molecular weight is 506 g/mol. The summed E-state index contributed by atoms with van der Waals surface area (Å²) in [6, 6.07) is 10.3. The number of aromatic nitrogens is 2. The average Bonchev–Trinajstić information content (AvgIpc) is 3.41. The fourth-order valence-corrected chi connectivity index (χ4v) is 5.41. The van der Waals surface area contributed by atoms with E-state index in [0.29, 0.717) is 35.0 Å². The van der Waals surface area contributed by atoms with Crippen LogP contribution in [0.3, 0.4) is 0 Å². The van der Waals surface area contributed by atoms with Crippen molar-refractivity contribution in [1.29, 1.82) is 0 Å². The summed E-state index contributed by atoms with van der Waals surface area (Å²) >= 11 is 3.22. The van der Waals surface area contributed by atoms with E-state index in [0.717, 1.165) is 24.2 Å². The highest BCUT2D eigenvalue weighted by Gasteiger charge is 2.28. The van der Waals surface area contributed by atoms with E-state index in [9.17, 15) is 13.2 Å². The highest BCUT2D eigenvalue weighted by Crippen LogP contribution is 2.28. The molecular weight excluding hydrogens is 482 g/mol. The van der Waals surface area contributed by atoms with Crippen molar-refractivity contribution in [2.45, 2.75) is 37.1 Å². The van der Waals surface area contributed by atoms with Gasteiger partial charge in [-0.05, 0) is 60.0 Å². The van der Waals surface area contributed by atoms with Crippen LogP contribution in [0.25, 0.3) is 0 Å². The quantitative estimate of drug-likeness (QED) is 0.504. The van der Waals surface area contributed by atoms with Gasteiger partial charge in [-0.3, -0.25) is 4.79 Å². The van der Waals surface area contributed by atoms with E-state index in [1.807, 2.05) is 29.8 Å². The van der Waals surface area contributed by atoms with E-state index >= 15 is 0 Å². The molecule has 0 spiro atoms. The molecule has 9 heteroatoms. The molecule has 164 valence electrons. The van der Waals surface area contributed by atoms with Crippen LogP contribution in [0.4, 0.5) is 0 Å². The highest BCUT2D eigenvalue weighted by molar-refractivity contribution is 9.10. The second-order valence-electron chi connectivity index (χ2n) is 7.78. The number of halogens is 1. The maximum absolute atomic E-state index is 12.7. The molecule has 1 aromatic carbocycles. The van der Waals surface area contributed by atoms with Gasteiger partial charge in [0.1, 0.15) is 5.82 Å². The van der Waals surface area contributed by atoms with Gasteiger partial charge < -0.3 is 13.9 Å². The third-order valence-electron chi connectivity index (χ3n) is 5.66. The zero-order chi connectivity index (χ0) is 22.0. The summed E-state index contributed by atoms with van der Waals surface area (Å²) in [5.41, 5.74) is 1.03. The lowest BCUT2D eigenvalue weighted by atomic mass is 9.95. The smallest absolute Gasteiger partial charge is 0.289 e. The normalized spacial score (nSPS) is 15.4. The van der Waals surface area contributed by atoms with E-state index in [-0.39, 0.29) is 17.6 Å². The number of carbonyl (C=O) groups excluding carboxylic acids is 1. The molecule has 0 aliphatic carbocycles. The Kier molecular flexibility index (Phi) is 6.34. The number of piperidine rings is 1. The Balaban J connectivity index is 1.38. The first-order valence-corrected chi connectivity index (χ1v) is 12.6. The molecule has 0 bridgehead atoms. The van der Waals surface area contributed by atoms with Crippen LogP contribution >= 0.6 is 15.9 Å². The lowest BCUT2D eigenvalue weighted by Gasteiger charge is -2.31. The van der Waals surface area contributed by atoms with Crippen LogP contribution in [0.5, 0.6) is 0 Å². The number of carbonyl (C=O) groups is 1. The highest BCUT2D eigenvalue weighted by atomic mass is 79.9. The van der Waals surface area contributed by atoms with E-state index in [4.69, 9.17) is 4.42 Å². The number of hydrogen-bond donors (Lipinski definition) is 0. The molecule has 2 aromatic heterocycles. The van der Waals surface area contributed by atoms with Crippen LogP contribution < -0.4 is 0 Å². The molecule has 1 aliphatic heterocycles. The summed E-state index contributed by atoms with van der Waals surface area (Å²) in [5.74, 6) is 1.30. The van der Waals surface area contributed by atoms with Gasteiger partial charge >= 0.3 is 0 Å². The minimum Gasteiger partial charge on any atom is -0.444 e. The summed E-state index contributed by atoms with van der Waals surface area (Å²) in [6.45, 7) is 3.50. The Hall–Kier alpha value is -2.39. The Morgan fingerprint density at radius 3 is 2.52 bits per heavy atom. The topological polar surface area (TPSA) is 85.4 Å². The Bertz CT molecular complexity index is 1160. The summed E-state index contributed by atoms with van der Waals surface area (Å²) in [5, 5.41) is 0. The van der Waals surface area contributed by atoms with Crippen LogP contribution in [0.1, 0.15) is 40.7 Å². The Morgan fingerprint density at radius 2 is 1.87 bits per heavy atom. The van der Waals surface area contributed by atoms with Gasteiger partial charge in [0.25, 0.3) is 5.91 Å². The third-order valence-corrected chi connectivity index (χ3v) is 7.80. The molecule has 0 atom stereocenters.